The quantitative estimate of drug-likeness (QED) is 0.817. The first-order valence-corrected chi connectivity index (χ1v) is 7.22. The zero-order chi connectivity index (χ0) is 16.1. The van der Waals surface area contributed by atoms with Gasteiger partial charge >= 0.3 is 5.97 Å². The van der Waals surface area contributed by atoms with Gasteiger partial charge in [-0.15, -0.1) is 0 Å². The number of hydrogen-bond acceptors (Lipinski definition) is 4. The van der Waals surface area contributed by atoms with E-state index in [4.69, 9.17) is 9.52 Å². The molecule has 6 nitrogen and oxygen atoms in total. The van der Waals surface area contributed by atoms with Crippen molar-refractivity contribution in [2.45, 2.75) is 19.9 Å². The number of likely N-dealkylation sites (N-methyl/N-ethyl adjacent to an activating group) is 1. The van der Waals surface area contributed by atoms with E-state index in [0.29, 0.717) is 6.54 Å². The van der Waals surface area contributed by atoms with Crippen molar-refractivity contribution in [1.29, 1.82) is 0 Å². The zero-order valence-corrected chi connectivity index (χ0v) is 12.7. The van der Waals surface area contributed by atoms with E-state index >= 15 is 0 Å². The maximum atomic E-state index is 11.8. The predicted molar refractivity (Wildman–Crippen MR) is 82.5 cm³/mol. The molecule has 0 saturated heterocycles. The van der Waals surface area contributed by atoms with Crippen molar-refractivity contribution in [3.63, 3.8) is 0 Å². The number of nitrogens with one attached hydrogen (secondary N) is 1. The Labute approximate surface area is 128 Å². The lowest BCUT2D eigenvalue weighted by Gasteiger charge is -2.25. The van der Waals surface area contributed by atoms with Crippen molar-refractivity contribution in [2.75, 3.05) is 19.6 Å². The highest BCUT2D eigenvalue weighted by Crippen LogP contribution is 2.26. The minimum Gasteiger partial charge on any atom is -0.480 e. The third-order valence-electron chi connectivity index (χ3n) is 3.59. The number of amides is 1. The molecule has 1 atom stereocenters. The summed E-state index contributed by atoms with van der Waals surface area (Å²) in [5.74, 6) is -0.581. The van der Waals surface area contributed by atoms with E-state index in [-0.39, 0.29) is 25.0 Å². The normalized spacial score (nSPS) is 12.5. The van der Waals surface area contributed by atoms with Crippen molar-refractivity contribution in [3.05, 3.63) is 36.1 Å². The minimum atomic E-state index is -1.05. The van der Waals surface area contributed by atoms with Gasteiger partial charge in [0, 0.05) is 5.39 Å². The third kappa shape index (κ3) is 3.85. The van der Waals surface area contributed by atoms with Crippen molar-refractivity contribution in [1.82, 2.24) is 10.2 Å². The SMILES string of the molecule is CCN(CC(=O)NCC(=O)O)C(C)c1cc2ccccc2o1. The first kappa shape index (κ1) is 16.0. The van der Waals surface area contributed by atoms with Crippen LogP contribution in [0.5, 0.6) is 0 Å². The Hall–Kier alpha value is -2.34. The summed E-state index contributed by atoms with van der Waals surface area (Å²) in [6.45, 7) is 4.32. The van der Waals surface area contributed by atoms with E-state index in [1.165, 1.54) is 0 Å². The molecule has 0 aliphatic heterocycles. The highest BCUT2D eigenvalue weighted by atomic mass is 16.4. The summed E-state index contributed by atoms with van der Waals surface area (Å²) < 4.78 is 5.82. The van der Waals surface area contributed by atoms with Gasteiger partial charge in [0.1, 0.15) is 17.9 Å². The van der Waals surface area contributed by atoms with Gasteiger partial charge in [-0.2, -0.15) is 0 Å². The summed E-state index contributed by atoms with van der Waals surface area (Å²) in [7, 11) is 0. The molecule has 0 aliphatic rings. The van der Waals surface area contributed by atoms with Crippen LogP contribution in [-0.4, -0.2) is 41.5 Å². The molecule has 0 spiro atoms. The van der Waals surface area contributed by atoms with E-state index in [1.54, 1.807) is 0 Å². The van der Waals surface area contributed by atoms with Crippen molar-refractivity contribution < 1.29 is 19.1 Å². The molecule has 2 N–H and O–H groups in total. The summed E-state index contributed by atoms with van der Waals surface area (Å²) in [4.78, 5) is 24.2. The molecule has 1 aromatic carbocycles. The van der Waals surface area contributed by atoms with Gasteiger partial charge in [0.2, 0.25) is 5.91 Å². The number of fused-ring (bicyclic) bond motifs is 1. The van der Waals surface area contributed by atoms with Gasteiger partial charge in [0.05, 0.1) is 12.6 Å². The maximum Gasteiger partial charge on any atom is 0.322 e. The van der Waals surface area contributed by atoms with Crippen LogP contribution in [-0.2, 0) is 9.59 Å². The monoisotopic (exact) mass is 304 g/mol. The largest absolute Gasteiger partial charge is 0.480 e. The van der Waals surface area contributed by atoms with Crippen molar-refractivity contribution in [3.8, 4) is 0 Å². The first-order chi connectivity index (χ1) is 10.5. The van der Waals surface area contributed by atoms with Gasteiger partial charge in [-0.05, 0) is 25.6 Å². The molecule has 2 aromatic rings. The van der Waals surface area contributed by atoms with E-state index in [1.807, 2.05) is 49.1 Å². The Morgan fingerprint density at radius 2 is 2.09 bits per heavy atom. The van der Waals surface area contributed by atoms with Crippen LogP contribution >= 0.6 is 0 Å². The Morgan fingerprint density at radius 3 is 2.73 bits per heavy atom. The van der Waals surface area contributed by atoms with Crippen LogP contribution in [0.15, 0.2) is 34.7 Å². The molecular weight excluding hydrogens is 284 g/mol. The van der Waals surface area contributed by atoms with Gasteiger partial charge in [-0.1, -0.05) is 25.1 Å². The topological polar surface area (TPSA) is 82.8 Å². The minimum absolute atomic E-state index is 0.0759. The third-order valence-corrected chi connectivity index (χ3v) is 3.59. The van der Waals surface area contributed by atoms with Crippen LogP contribution in [0.1, 0.15) is 25.6 Å². The average Bonchev–Trinajstić information content (AvgIpc) is 2.93. The molecule has 22 heavy (non-hydrogen) atoms. The second-order valence-corrected chi connectivity index (χ2v) is 5.10. The molecule has 1 unspecified atom stereocenters. The fourth-order valence-corrected chi connectivity index (χ4v) is 2.33. The van der Waals surface area contributed by atoms with Crippen LogP contribution in [0.4, 0.5) is 0 Å². The van der Waals surface area contributed by atoms with E-state index in [9.17, 15) is 9.59 Å². The van der Waals surface area contributed by atoms with Crippen LogP contribution in [0.2, 0.25) is 0 Å². The number of carboxylic acid groups (broad SMARTS) is 1. The molecule has 118 valence electrons. The highest BCUT2D eigenvalue weighted by molar-refractivity contribution is 5.82. The summed E-state index contributed by atoms with van der Waals surface area (Å²) in [5.41, 5.74) is 0.815. The first-order valence-electron chi connectivity index (χ1n) is 7.22. The molecule has 6 heteroatoms. The number of carboxylic acids is 1. The van der Waals surface area contributed by atoms with Crippen molar-refractivity contribution >= 4 is 22.8 Å². The second-order valence-electron chi connectivity index (χ2n) is 5.10. The Balaban J connectivity index is 2.06. The molecule has 2 rings (SSSR count). The number of hydrogen-bond donors (Lipinski definition) is 2. The summed E-state index contributed by atoms with van der Waals surface area (Å²) in [6.07, 6.45) is 0. The fourth-order valence-electron chi connectivity index (χ4n) is 2.33. The number of furan rings is 1. The zero-order valence-electron chi connectivity index (χ0n) is 12.7. The summed E-state index contributed by atoms with van der Waals surface area (Å²) in [5, 5.41) is 12.0. The molecule has 1 heterocycles. The molecule has 0 saturated carbocycles. The number of aliphatic carboxylic acids is 1. The van der Waals surface area contributed by atoms with Crippen molar-refractivity contribution in [2.24, 2.45) is 0 Å². The number of rotatable bonds is 7. The fraction of sp³-hybridized carbons (Fsp3) is 0.375. The van der Waals surface area contributed by atoms with E-state index in [2.05, 4.69) is 5.32 Å². The number of benzene rings is 1. The second kappa shape index (κ2) is 7.09. The maximum absolute atomic E-state index is 11.8. The standard InChI is InChI=1S/C16H20N2O4/c1-3-18(10-15(19)17-9-16(20)21)11(2)14-8-12-6-4-5-7-13(12)22-14/h4-8,11H,3,9-10H2,1-2H3,(H,17,19)(H,20,21). The van der Waals surface area contributed by atoms with E-state index in [0.717, 1.165) is 16.7 Å². The predicted octanol–water partition coefficient (Wildman–Crippen LogP) is 2.02. The Morgan fingerprint density at radius 1 is 1.36 bits per heavy atom. The molecule has 1 amide bonds. The number of para-hydroxylation sites is 1. The molecule has 0 radical (unpaired) electrons. The summed E-state index contributed by atoms with van der Waals surface area (Å²) >= 11 is 0. The molecule has 0 bridgehead atoms. The molecule has 0 aliphatic carbocycles. The number of carbonyl (C=O) groups is 2. The molecule has 1 aromatic heterocycles. The van der Waals surface area contributed by atoms with Crippen LogP contribution in [0.3, 0.4) is 0 Å². The number of nitrogens with zero attached hydrogens (tertiary/aromatic N) is 1. The van der Waals surface area contributed by atoms with E-state index < -0.39 is 5.97 Å². The Kier molecular flexibility index (Phi) is 5.16. The van der Waals surface area contributed by atoms with Crippen LogP contribution in [0.25, 0.3) is 11.0 Å². The summed E-state index contributed by atoms with van der Waals surface area (Å²) in [6, 6.07) is 9.64. The lowest BCUT2D eigenvalue weighted by atomic mass is 10.2. The van der Waals surface area contributed by atoms with Gasteiger partial charge in [0.25, 0.3) is 0 Å². The van der Waals surface area contributed by atoms with Crippen LogP contribution < -0.4 is 5.32 Å². The smallest absolute Gasteiger partial charge is 0.322 e. The van der Waals surface area contributed by atoms with Gasteiger partial charge in [0.15, 0.2) is 0 Å². The molecule has 0 fully saturated rings. The lowest BCUT2D eigenvalue weighted by Crippen LogP contribution is -2.40. The molecular formula is C16H20N2O4. The Bertz CT molecular complexity index is 632. The lowest BCUT2D eigenvalue weighted by molar-refractivity contribution is -0.138. The van der Waals surface area contributed by atoms with Crippen LogP contribution in [0, 0.1) is 0 Å². The van der Waals surface area contributed by atoms with Gasteiger partial charge in [-0.3, -0.25) is 14.5 Å². The average molecular weight is 304 g/mol. The van der Waals surface area contributed by atoms with Gasteiger partial charge in [-0.25, -0.2) is 0 Å². The highest BCUT2D eigenvalue weighted by Gasteiger charge is 2.20. The number of carbonyl (C=O) groups excluding carboxylic acids is 1. The van der Waals surface area contributed by atoms with Gasteiger partial charge < -0.3 is 14.8 Å².